The maximum absolute atomic E-state index is 13.8. The number of benzene rings is 2. The molecule has 6 heteroatoms. The summed E-state index contributed by atoms with van der Waals surface area (Å²) in [7, 11) is 4.82. The number of methoxy groups -OCH3 is 3. The van der Waals surface area contributed by atoms with Crippen LogP contribution in [-0.4, -0.2) is 49.4 Å². The third-order valence-corrected chi connectivity index (χ3v) is 6.93. The molecule has 2 aromatic rings. The lowest BCUT2D eigenvalue weighted by Gasteiger charge is -2.52. The Morgan fingerprint density at radius 1 is 1.00 bits per heavy atom. The monoisotopic (exact) mass is 425 g/mol. The first kappa shape index (κ1) is 21.5. The minimum absolute atomic E-state index is 0.0593. The molecule has 1 amide bonds. The molecule has 1 heterocycles. The molecule has 1 N–H and O–H groups in total. The maximum Gasteiger partial charge on any atom is 0.258 e. The van der Waals surface area contributed by atoms with Gasteiger partial charge in [0.2, 0.25) is 0 Å². The van der Waals surface area contributed by atoms with Crippen LogP contribution in [0.5, 0.6) is 17.2 Å². The number of aliphatic hydroxyl groups is 1. The van der Waals surface area contributed by atoms with Crippen LogP contribution in [-0.2, 0) is 0 Å². The topological polar surface area (TPSA) is 68.2 Å². The van der Waals surface area contributed by atoms with E-state index in [1.165, 1.54) is 0 Å². The quantitative estimate of drug-likeness (QED) is 0.777. The van der Waals surface area contributed by atoms with Crippen LogP contribution in [0.1, 0.15) is 54.1 Å². The Bertz CT molecular complexity index is 945. The highest BCUT2D eigenvalue weighted by Gasteiger charge is 2.51. The average Bonchev–Trinajstić information content (AvgIpc) is 2.82. The number of carbonyl (C=O) groups is 1. The number of piperidine rings is 1. The van der Waals surface area contributed by atoms with Gasteiger partial charge in [-0.3, -0.25) is 4.79 Å². The van der Waals surface area contributed by atoms with Crippen molar-refractivity contribution in [2.45, 2.75) is 43.7 Å². The van der Waals surface area contributed by atoms with E-state index in [2.05, 4.69) is 0 Å². The van der Waals surface area contributed by atoms with Crippen LogP contribution in [0.3, 0.4) is 0 Å². The molecule has 2 fully saturated rings. The van der Waals surface area contributed by atoms with Gasteiger partial charge in [-0.25, -0.2) is 0 Å². The number of ether oxygens (including phenoxy) is 3. The molecule has 0 spiro atoms. The zero-order chi connectivity index (χ0) is 22.0. The lowest BCUT2D eigenvalue weighted by atomic mass is 9.66. The molecular weight excluding hydrogens is 394 g/mol. The molecule has 4 rings (SSSR count). The fourth-order valence-electron chi connectivity index (χ4n) is 5.33. The molecule has 166 valence electrons. The molecular formula is C25H31NO5. The Morgan fingerprint density at radius 2 is 1.77 bits per heavy atom. The lowest BCUT2D eigenvalue weighted by Crippen LogP contribution is -2.56. The van der Waals surface area contributed by atoms with Crippen LogP contribution >= 0.6 is 0 Å². The standard InChI is InChI=1S/C25H31NO5/c1-29-17-11-12-18(22(16-17)31-3)23-20-9-6-7-13-25(20,28)14-15-26(23)24(27)19-8-4-5-10-21(19)30-2/h4-5,8,10-12,16,20,23,28H,6-7,9,13-15H2,1-3H3/t20-,23-,25-/m0/s1. The number of nitrogens with zero attached hydrogens (tertiary/aromatic N) is 1. The van der Waals surface area contributed by atoms with Gasteiger partial charge >= 0.3 is 0 Å². The zero-order valence-electron chi connectivity index (χ0n) is 18.5. The van der Waals surface area contributed by atoms with E-state index in [4.69, 9.17) is 14.2 Å². The summed E-state index contributed by atoms with van der Waals surface area (Å²) in [4.78, 5) is 15.7. The molecule has 1 saturated heterocycles. The van der Waals surface area contributed by atoms with E-state index in [-0.39, 0.29) is 17.9 Å². The van der Waals surface area contributed by atoms with E-state index in [9.17, 15) is 9.90 Å². The number of rotatable bonds is 5. The average molecular weight is 426 g/mol. The highest BCUT2D eigenvalue weighted by Crippen LogP contribution is 2.51. The van der Waals surface area contributed by atoms with Crippen LogP contribution < -0.4 is 14.2 Å². The van der Waals surface area contributed by atoms with E-state index < -0.39 is 5.60 Å². The Morgan fingerprint density at radius 3 is 2.52 bits per heavy atom. The Labute approximate surface area is 183 Å². The Kier molecular flexibility index (Phi) is 6.10. The smallest absolute Gasteiger partial charge is 0.258 e. The van der Waals surface area contributed by atoms with Gasteiger partial charge in [-0.05, 0) is 43.5 Å². The third kappa shape index (κ3) is 3.85. The number of hydrogen-bond acceptors (Lipinski definition) is 5. The van der Waals surface area contributed by atoms with E-state index in [1.807, 2.05) is 35.2 Å². The first-order chi connectivity index (χ1) is 15.0. The molecule has 6 nitrogen and oxygen atoms in total. The van der Waals surface area contributed by atoms with Crippen molar-refractivity contribution < 1.29 is 24.1 Å². The fourth-order valence-corrected chi connectivity index (χ4v) is 5.33. The fraction of sp³-hybridized carbons (Fsp3) is 0.480. The maximum atomic E-state index is 13.8. The second kappa shape index (κ2) is 8.79. The zero-order valence-corrected chi connectivity index (χ0v) is 18.5. The first-order valence-corrected chi connectivity index (χ1v) is 10.9. The van der Waals surface area contributed by atoms with E-state index in [0.717, 1.165) is 31.2 Å². The largest absolute Gasteiger partial charge is 0.497 e. The number of amides is 1. The third-order valence-electron chi connectivity index (χ3n) is 6.93. The summed E-state index contributed by atoms with van der Waals surface area (Å²) in [5, 5.41) is 11.5. The van der Waals surface area contributed by atoms with Crippen LogP contribution in [0.15, 0.2) is 42.5 Å². The summed E-state index contributed by atoms with van der Waals surface area (Å²) in [5.41, 5.74) is 0.658. The number of fused-ring (bicyclic) bond motifs is 1. The van der Waals surface area contributed by atoms with Gasteiger partial charge in [0, 0.05) is 24.1 Å². The van der Waals surface area contributed by atoms with Crippen molar-refractivity contribution >= 4 is 5.91 Å². The SMILES string of the molecule is COc1ccc([C@H]2[C@@H]3CCCC[C@]3(O)CCN2C(=O)c2ccccc2OC)c(OC)c1. The summed E-state index contributed by atoms with van der Waals surface area (Å²) in [6, 6.07) is 12.7. The van der Waals surface area contributed by atoms with Gasteiger partial charge in [0.05, 0.1) is 38.5 Å². The van der Waals surface area contributed by atoms with Crippen molar-refractivity contribution in [3.05, 3.63) is 53.6 Å². The highest BCUT2D eigenvalue weighted by atomic mass is 16.5. The summed E-state index contributed by atoms with van der Waals surface area (Å²) in [6.07, 6.45) is 4.27. The molecule has 1 saturated carbocycles. The number of para-hydroxylation sites is 1. The minimum Gasteiger partial charge on any atom is -0.497 e. The van der Waals surface area contributed by atoms with E-state index in [0.29, 0.717) is 35.8 Å². The van der Waals surface area contributed by atoms with Crippen molar-refractivity contribution in [2.75, 3.05) is 27.9 Å². The van der Waals surface area contributed by atoms with Crippen LogP contribution in [0.25, 0.3) is 0 Å². The summed E-state index contributed by atoms with van der Waals surface area (Å²) in [5.74, 6) is 1.76. The predicted molar refractivity (Wildman–Crippen MR) is 118 cm³/mol. The number of carbonyl (C=O) groups excluding carboxylic acids is 1. The van der Waals surface area contributed by atoms with E-state index >= 15 is 0 Å². The molecule has 1 aliphatic heterocycles. The van der Waals surface area contributed by atoms with Gasteiger partial charge in [0.15, 0.2) is 0 Å². The van der Waals surface area contributed by atoms with Gasteiger partial charge in [-0.1, -0.05) is 25.0 Å². The van der Waals surface area contributed by atoms with Crippen molar-refractivity contribution in [3.63, 3.8) is 0 Å². The molecule has 3 atom stereocenters. The molecule has 0 bridgehead atoms. The Hall–Kier alpha value is -2.73. The van der Waals surface area contributed by atoms with Crippen LogP contribution in [0.4, 0.5) is 0 Å². The van der Waals surface area contributed by atoms with Gasteiger partial charge in [-0.15, -0.1) is 0 Å². The molecule has 0 radical (unpaired) electrons. The lowest BCUT2D eigenvalue weighted by molar-refractivity contribution is -0.115. The van der Waals surface area contributed by atoms with Crippen molar-refractivity contribution in [1.29, 1.82) is 0 Å². The summed E-state index contributed by atoms with van der Waals surface area (Å²) in [6.45, 7) is 0.476. The first-order valence-electron chi connectivity index (χ1n) is 10.9. The molecule has 31 heavy (non-hydrogen) atoms. The van der Waals surface area contributed by atoms with Gasteiger partial charge in [0.25, 0.3) is 5.91 Å². The molecule has 2 aliphatic rings. The summed E-state index contributed by atoms with van der Waals surface area (Å²) < 4.78 is 16.5. The molecule has 2 aromatic carbocycles. The molecule has 0 unspecified atom stereocenters. The predicted octanol–water partition coefficient (Wildman–Crippen LogP) is 4.22. The minimum atomic E-state index is -0.772. The van der Waals surface area contributed by atoms with Gasteiger partial charge in [0.1, 0.15) is 17.2 Å². The van der Waals surface area contributed by atoms with Crippen LogP contribution in [0.2, 0.25) is 0 Å². The molecule has 0 aromatic heterocycles. The van der Waals surface area contributed by atoms with Gasteiger partial charge < -0.3 is 24.2 Å². The molecule has 1 aliphatic carbocycles. The van der Waals surface area contributed by atoms with Crippen molar-refractivity contribution in [2.24, 2.45) is 5.92 Å². The number of hydrogen-bond donors (Lipinski definition) is 1. The second-order valence-corrected chi connectivity index (χ2v) is 8.46. The number of likely N-dealkylation sites (tertiary alicyclic amines) is 1. The van der Waals surface area contributed by atoms with Crippen LogP contribution in [0, 0.1) is 5.92 Å². The second-order valence-electron chi connectivity index (χ2n) is 8.46. The van der Waals surface area contributed by atoms with Crippen molar-refractivity contribution in [3.8, 4) is 17.2 Å². The summed E-state index contributed by atoms with van der Waals surface area (Å²) >= 11 is 0. The normalized spacial score (nSPS) is 25.5. The van der Waals surface area contributed by atoms with Gasteiger partial charge in [-0.2, -0.15) is 0 Å². The van der Waals surface area contributed by atoms with Crippen molar-refractivity contribution in [1.82, 2.24) is 4.90 Å². The Balaban J connectivity index is 1.82. The highest BCUT2D eigenvalue weighted by molar-refractivity contribution is 5.97. The van der Waals surface area contributed by atoms with E-state index in [1.54, 1.807) is 33.5 Å².